The molecule has 0 atom stereocenters. The van der Waals surface area contributed by atoms with Crippen LogP contribution < -0.4 is 0 Å². The molecule has 0 unspecified atom stereocenters. The number of rotatable bonds is 0. The van der Waals surface area contributed by atoms with Gasteiger partial charge in [-0.15, -0.1) is 0 Å². The van der Waals surface area contributed by atoms with Crippen molar-refractivity contribution < 1.29 is 5.48 Å². The minimum absolute atomic E-state index is 0. The lowest BCUT2D eigenvalue weighted by Crippen LogP contribution is -1.61. The van der Waals surface area contributed by atoms with Gasteiger partial charge < -0.3 is 5.48 Å². The van der Waals surface area contributed by atoms with Gasteiger partial charge in [0.2, 0.25) is 0 Å². The molecule has 0 aromatic heterocycles. The maximum Gasteiger partial charge on any atom is 0.0420 e. The number of benzene rings is 1. The minimum atomic E-state index is 0. The Morgan fingerprint density at radius 2 is 1.44 bits per heavy atom. The Labute approximate surface area is 63.5 Å². The molecule has 2 N–H and O–H groups in total. The molecule has 1 nitrogen and oxygen atoms in total. The van der Waals surface area contributed by atoms with Crippen molar-refractivity contribution >= 4 is 23.2 Å². The summed E-state index contributed by atoms with van der Waals surface area (Å²) in [6.45, 7) is 0. The lowest BCUT2D eigenvalue weighted by molar-refractivity contribution is 0.824. The molecule has 1 aromatic rings. The summed E-state index contributed by atoms with van der Waals surface area (Å²) in [6.07, 6.45) is 0. The van der Waals surface area contributed by atoms with Crippen LogP contribution in [0.3, 0.4) is 0 Å². The zero-order valence-electron chi connectivity index (χ0n) is 4.57. The molecule has 0 radical (unpaired) electrons. The predicted molar refractivity (Wildman–Crippen MR) is 40.1 cm³/mol. The first kappa shape index (κ1) is 8.76. The zero-order valence-corrected chi connectivity index (χ0v) is 6.08. The van der Waals surface area contributed by atoms with E-state index in [1.165, 1.54) is 0 Å². The Hall–Kier alpha value is -0.240. The van der Waals surface area contributed by atoms with Gasteiger partial charge >= 0.3 is 0 Å². The molecule has 50 valence electrons. The maximum absolute atomic E-state index is 5.56. The van der Waals surface area contributed by atoms with Crippen molar-refractivity contribution in [2.75, 3.05) is 0 Å². The summed E-state index contributed by atoms with van der Waals surface area (Å²) in [5.41, 5.74) is 0. The van der Waals surface area contributed by atoms with E-state index in [-0.39, 0.29) is 5.48 Å². The van der Waals surface area contributed by atoms with Crippen LogP contribution in [-0.2, 0) is 0 Å². The van der Waals surface area contributed by atoms with E-state index < -0.39 is 0 Å². The lowest BCUT2D eigenvalue weighted by atomic mass is 10.4. The van der Waals surface area contributed by atoms with Crippen LogP contribution in [0.15, 0.2) is 24.3 Å². The minimum Gasteiger partial charge on any atom is -0.412 e. The second-order valence-corrected chi connectivity index (χ2v) is 2.31. The average Bonchev–Trinajstić information content (AvgIpc) is 1.64. The van der Waals surface area contributed by atoms with Gasteiger partial charge in [0.25, 0.3) is 0 Å². The summed E-state index contributed by atoms with van der Waals surface area (Å²) >= 11 is 11.1. The van der Waals surface area contributed by atoms with Gasteiger partial charge in [-0.05, 0) is 18.2 Å². The number of halogens is 2. The number of hydrogen-bond donors (Lipinski definition) is 0. The second kappa shape index (κ2) is 3.72. The molecular formula is C6H6Cl2O. The smallest absolute Gasteiger partial charge is 0.0420 e. The highest BCUT2D eigenvalue weighted by atomic mass is 35.5. The van der Waals surface area contributed by atoms with Crippen LogP contribution in [0.5, 0.6) is 0 Å². The highest BCUT2D eigenvalue weighted by molar-refractivity contribution is 6.34. The van der Waals surface area contributed by atoms with Crippen molar-refractivity contribution in [1.29, 1.82) is 0 Å². The molecule has 1 aromatic carbocycles. The van der Waals surface area contributed by atoms with E-state index in [0.29, 0.717) is 10.0 Å². The van der Waals surface area contributed by atoms with Crippen molar-refractivity contribution in [2.24, 2.45) is 0 Å². The molecular weight excluding hydrogens is 159 g/mol. The summed E-state index contributed by atoms with van der Waals surface area (Å²) in [4.78, 5) is 0. The summed E-state index contributed by atoms with van der Waals surface area (Å²) in [6, 6.07) is 7.08. The maximum atomic E-state index is 5.56. The second-order valence-electron chi connectivity index (χ2n) is 1.44. The van der Waals surface area contributed by atoms with Gasteiger partial charge in [0.05, 0.1) is 0 Å². The molecule has 0 amide bonds. The molecule has 0 aliphatic heterocycles. The van der Waals surface area contributed by atoms with Gasteiger partial charge in [-0.25, -0.2) is 0 Å². The molecule has 1 rings (SSSR count). The molecule has 9 heavy (non-hydrogen) atoms. The summed E-state index contributed by atoms with van der Waals surface area (Å²) in [5.74, 6) is 0. The lowest BCUT2D eigenvalue weighted by Gasteiger charge is -1.86. The van der Waals surface area contributed by atoms with Crippen molar-refractivity contribution in [3.8, 4) is 0 Å². The fraction of sp³-hybridized carbons (Fsp3) is 0. The van der Waals surface area contributed by atoms with Crippen molar-refractivity contribution in [2.45, 2.75) is 0 Å². The van der Waals surface area contributed by atoms with Crippen LogP contribution in [0.25, 0.3) is 0 Å². The fourth-order valence-corrected chi connectivity index (χ4v) is 0.896. The Bertz CT molecular complexity index is 171. The van der Waals surface area contributed by atoms with E-state index in [9.17, 15) is 0 Å². The monoisotopic (exact) mass is 164 g/mol. The van der Waals surface area contributed by atoms with E-state index in [1.807, 2.05) is 6.07 Å². The van der Waals surface area contributed by atoms with E-state index >= 15 is 0 Å². The molecule has 0 bridgehead atoms. The van der Waals surface area contributed by atoms with Gasteiger partial charge in [0.15, 0.2) is 0 Å². The van der Waals surface area contributed by atoms with E-state index in [4.69, 9.17) is 23.2 Å². The molecule has 0 aliphatic carbocycles. The molecule has 0 spiro atoms. The van der Waals surface area contributed by atoms with Crippen LogP contribution in [0, 0.1) is 0 Å². The third kappa shape index (κ3) is 2.70. The molecule has 3 heteroatoms. The molecule has 0 heterocycles. The van der Waals surface area contributed by atoms with Crippen molar-refractivity contribution in [3.05, 3.63) is 34.3 Å². The molecule has 0 saturated carbocycles. The fourth-order valence-electron chi connectivity index (χ4n) is 0.460. The Kier molecular flexibility index (Phi) is 3.62. The SMILES string of the molecule is Clc1cccc(Cl)c1.O. The van der Waals surface area contributed by atoms with Crippen LogP contribution >= 0.6 is 23.2 Å². The van der Waals surface area contributed by atoms with E-state index in [2.05, 4.69) is 0 Å². The van der Waals surface area contributed by atoms with Gasteiger partial charge in [0, 0.05) is 10.0 Å². The predicted octanol–water partition coefficient (Wildman–Crippen LogP) is 2.17. The molecule has 0 aliphatic rings. The Balaban J connectivity index is 0.000000640. The van der Waals surface area contributed by atoms with Crippen LogP contribution in [0.1, 0.15) is 0 Å². The van der Waals surface area contributed by atoms with E-state index in [0.717, 1.165) is 0 Å². The first-order valence-corrected chi connectivity index (χ1v) is 2.96. The molecule has 0 saturated heterocycles. The van der Waals surface area contributed by atoms with Crippen LogP contribution in [0.2, 0.25) is 10.0 Å². The third-order valence-electron chi connectivity index (χ3n) is 0.787. The third-order valence-corrected chi connectivity index (χ3v) is 1.26. The standard InChI is InChI=1S/C6H4Cl2.H2O/c7-5-2-1-3-6(8)4-5;/h1-4H;1H2. The van der Waals surface area contributed by atoms with Gasteiger partial charge in [-0.2, -0.15) is 0 Å². The highest BCUT2D eigenvalue weighted by Gasteiger charge is 1.84. The van der Waals surface area contributed by atoms with Gasteiger partial charge in [-0.1, -0.05) is 29.3 Å². The Morgan fingerprint density at radius 3 is 1.67 bits per heavy atom. The first-order valence-electron chi connectivity index (χ1n) is 2.20. The van der Waals surface area contributed by atoms with E-state index in [1.54, 1.807) is 18.2 Å². The zero-order chi connectivity index (χ0) is 5.98. The normalized spacial score (nSPS) is 8.22. The first-order chi connectivity index (χ1) is 3.79. The van der Waals surface area contributed by atoms with Crippen molar-refractivity contribution in [3.63, 3.8) is 0 Å². The summed E-state index contributed by atoms with van der Waals surface area (Å²) < 4.78 is 0. The summed E-state index contributed by atoms with van der Waals surface area (Å²) in [7, 11) is 0. The number of hydrogen-bond acceptors (Lipinski definition) is 0. The average molecular weight is 165 g/mol. The Morgan fingerprint density at radius 1 is 1.00 bits per heavy atom. The van der Waals surface area contributed by atoms with Gasteiger partial charge in [0.1, 0.15) is 0 Å². The topological polar surface area (TPSA) is 31.5 Å². The van der Waals surface area contributed by atoms with Crippen LogP contribution in [0.4, 0.5) is 0 Å². The van der Waals surface area contributed by atoms with Crippen LogP contribution in [-0.4, -0.2) is 5.48 Å². The largest absolute Gasteiger partial charge is 0.412 e. The van der Waals surface area contributed by atoms with Crippen molar-refractivity contribution in [1.82, 2.24) is 0 Å². The van der Waals surface area contributed by atoms with Gasteiger partial charge in [-0.3, -0.25) is 0 Å². The highest BCUT2D eigenvalue weighted by Crippen LogP contribution is 2.13. The summed E-state index contributed by atoms with van der Waals surface area (Å²) in [5, 5.41) is 1.36. The molecule has 0 fully saturated rings. The quantitative estimate of drug-likeness (QED) is 0.564.